The van der Waals surface area contributed by atoms with Crippen LogP contribution in [-0.4, -0.2) is 68.6 Å². The summed E-state index contributed by atoms with van der Waals surface area (Å²) in [6.07, 6.45) is -4.83. The maximum atomic E-state index is 16.0. The molecule has 6 atom stereocenters. The number of ether oxygens (including phenoxy) is 1. The van der Waals surface area contributed by atoms with Gasteiger partial charge in [-0.2, -0.15) is 13.6 Å². The number of fused-ring (bicyclic) bond motifs is 1. The summed E-state index contributed by atoms with van der Waals surface area (Å²) in [5, 5.41) is 10.6. The highest BCUT2D eigenvalue weighted by molar-refractivity contribution is 7.66. The molecule has 0 saturated carbocycles. The molecule has 0 aliphatic carbocycles. The number of aliphatic hydroxyl groups excluding tert-OH is 1. The van der Waals surface area contributed by atoms with Crippen molar-refractivity contribution in [3.05, 3.63) is 12.5 Å². The van der Waals surface area contributed by atoms with Crippen molar-refractivity contribution < 1.29 is 63.4 Å². The van der Waals surface area contributed by atoms with Crippen LogP contribution in [0.2, 0.25) is 0 Å². The fourth-order valence-electron chi connectivity index (χ4n) is 2.79. The number of halogens is 1. The number of aliphatic hydroxyl groups is 1. The molecule has 0 bridgehead atoms. The SMILES string of the molecule is [2H]C([2H])(OP(=O)(O)OP(=O)(O)OP(=O)(O)O)[C@H]1O[C@@H](n2cnc3cnc(N)nc32)C(F)(C#CC)[C@H]1O. The van der Waals surface area contributed by atoms with Crippen molar-refractivity contribution in [2.45, 2.75) is 31.0 Å². The van der Waals surface area contributed by atoms with Crippen LogP contribution in [0.1, 0.15) is 15.9 Å². The average molecular weight is 549 g/mol. The highest BCUT2D eigenvalue weighted by Gasteiger charge is 2.58. The van der Waals surface area contributed by atoms with Gasteiger partial charge in [0, 0.05) is 0 Å². The number of alkyl halides is 1. The number of aromatic nitrogens is 4. The lowest BCUT2D eigenvalue weighted by Crippen LogP contribution is -2.42. The number of rotatable bonds is 8. The summed E-state index contributed by atoms with van der Waals surface area (Å²) in [7, 11) is -17.8. The van der Waals surface area contributed by atoms with E-state index >= 15 is 4.39 Å². The number of phosphoric acid groups is 3. The topological polar surface area (TPSA) is 259 Å². The summed E-state index contributed by atoms with van der Waals surface area (Å²) in [6.45, 7) is -2.48. The van der Waals surface area contributed by atoms with E-state index in [4.69, 9.17) is 23.0 Å². The van der Waals surface area contributed by atoms with E-state index in [9.17, 15) is 28.6 Å². The van der Waals surface area contributed by atoms with Crippen molar-refractivity contribution in [2.75, 3.05) is 12.3 Å². The van der Waals surface area contributed by atoms with Gasteiger partial charge >= 0.3 is 23.5 Å². The molecule has 1 fully saturated rings. The molecule has 0 aromatic carbocycles. The first-order valence-corrected chi connectivity index (χ1v) is 13.1. The third kappa shape index (κ3) is 5.86. The van der Waals surface area contributed by atoms with Crippen LogP contribution in [-0.2, 0) is 31.6 Å². The van der Waals surface area contributed by atoms with Gasteiger partial charge in [-0.15, -0.1) is 5.92 Å². The molecule has 0 radical (unpaired) electrons. The van der Waals surface area contributed by atoms with Gasteiger partial charge in [-0.3, -0.25) is 9.09 Å². The molecule has 21 heteroatoms. The normalized spacial score (nSPS) is 30.0. The van der Waals surface area contributed by atoms with Gasteiger partial charge < -0.3 is 35.2 Å². The molecule has 3 unspecified atom stereocenters. The Hall–Kier alpha value is -1.83. The molecule has 7 N–H and O–H groups in total. The fourth-order valence-corrected chi connectivity index (χ4v) is 5.67. The van der Waals surface area contributed by atoms with Crippen LogP contribution in [0, 0.1) is 11.8 Å². The summed E-state index contributed by atoms with van der Waals surface area (Å²) in [5.74, 6) is 3.97. The number of nitrogens with two attached hydrogens (primary N) is 1. The summed E-state index contributed by atoms with van der Waals surface area (Å²) in [6, 6.07) is 0. The van der Waals surface area contributed by atoms with Crippen molar-refractivity contribution >= 4 is 40.6 Å². The number of imidazole rings is 1. The molecule has 2 aromatic rings. The third-order valence-corrected chi connectivity index (χ3v) is 7.62. The van der Waals surface area contributed by atoms with Crippen LogP contribution < -0.4 is 5.73 Å². The second-order valence-corrected chi connectivity index (χ2v) is 10.7. The Labute approximate surface area is 191 Å². The van der Waals surface area contributed by atoms with Crippen molar-refractivity contribution in [1.82, 2.24) is 19.5 Å². The minimum absolute atomic E-state index is 0.0915. The maximum absolute atomic E-state index is 16.0. The van der Waals surface area contributed by atoms with Gasteiger partial charge in [-0.25, -0.2) is 28.1 Å². The fraction of sp³-hybridized carbons (Fsp3) is 0.462. The van der Waals surface area contributed by atoms with Gasteiger partial charge in [0.15, 0.2) is 11.9 Å². The number of anilines is 1. The Morgan fingerprint density at radius 2 is 1.97 bits per heavy atom. The van der Waals surface area contributed by atoms with Crippen molar-refractivity contribution in [3.63, 3.8) is 0 Å². The first-order chi connectivity index (χ1) is 16.3. The number of nitrogens with zero attached hydrogens (tertiary/aromatic N) is 4. The predicted octanol–water partition coefficient (Wildman–Crippen LogP) is -0.258. The molecular weight excluding hydrogens is 530 g/mol. The number of nitrogen functional groups attached to an aromatic ring is 1. The van der Waals surface area contributed by atoms with E-state index in [0.29, 0.717) is 0 Å². The van der Waals surface area contributed by atoms with Gasteiger partial charge in [0.2, 0.25) is 11.6 Å². The molecule has 3 heterocycles. The molecule has 188 valence electrons. The van der Waals surface area contributed by atoms with E-state index in [1.807, 2.05) is 5.92 Å². The Morgan fingerprint density at radius 1 is 1.29 bits per heavy atom. The Morgan fingerprint density at radius 3 is 2.59 bits per heavy atom. The molecule has 17 nitrogen and oxygen atoms in total. The molecule has 1 aliphatic rings. The van der Waals surface area contributed by atoms with Crippen molar-refractivity contribution in [1.29, 1.82) is 0 Å². The first kappa shape index (κ1) is 23.9. The summed E-state index contributed by atoms with van der Waals surface area (Å²) >= 11 is 0. The largest absolute Gasteiger partial charge is 0.490 e. The molecule has 1 aliphatic heterocycles. The standard InChI is InChI=1S/C13H17FN5O12P3/c1-2-3-13(14)9(20)8(5-28-33(24,25)31-34(26,27)30-32(21,22)23)29-11(13)19-6-17-7-4-16-12(15)18-10(7)19/h4,6,8-9,11,20H,5H2,1H3,(H,24,25)(H,26,27)(H2,15,16,18)(H2,21,22,23)/t8-,9+,11-,13?/m1/s1/i5D2. The average Bonchev–Trinajstić information content (AvgIpc) is 3.17. The summed E-state index contributed by atoms with van der Waals surface area (Å²) < 4.78 is 83.5. The highest BCUT2D eigenvalue weighted by atomic mass is 31.3. The zero-order valence-electron chi connectivity index (χ0n) is 18.6. The molecule has 2 aromatic heterocycles. The van der Waals surface area contributed by atoms with Crippen LogP contribution in [0.15, 0.2) is 12.5 Å². The van der Waals surface area contributed by atoms with Crippen LogP contribution in [0.25, 0.3) is 11.2 Å². The Bertz CT molecular complexity index is 1380. The van der Waals surface area contributed by atoms with Crippen molar-refractivity contribution in [2.24, 2.45) is 0 Å². The minimum Gasteiger partial charge on any atom is -0.386 e. The van der Waals surface area contributed by atoms with Crippen LogP contribution >= 0.6 is 23.5 Å². The second-order valence-electron chi connectivity index (χ2n) is 6.39. The van der Waals surface area contributed by atoms with E-state index in [2.05, 4.69) is 34.0 Å². The second kappa shape index (κ2) is 9.32. The van der Waals surface area contributed by atoms with Gasteiger partial charge in [-0.05, 0) is 6.92 Å². The van der Waals surface area contributed by atoms with Gasteiger partial charge in [0.05, 0.1) is 21.8 Å². The van der Waals surface area contributed by atoms with E-state index < -0.39 is 54.1 Å². The predicted molar refractivity (Wildman–Crippen MR) is 107 cm³/mol. The van der Waals surface area contributed by atoms with Gasteiger partial charge in [0.25, 0.3) is 0 Å². The van der Waals surface area contributed by atoms with Gasteiger partial charge in [0.1, 0.15) is 17.7 Å². The Kier molecular flexibility index (Phi) is 6.55. The molecule has 0 spiro atoms. The van der Waals surface area contributed by atoms with Crippen molar-refractivity contribution in [3.8, 4) is 11.8 Å². The number of hydrogen-bond donors (Lipinski definition) is 6. The van der Waals surface area contributed by atoms with E-state index in [-0.39, 0.29) is 17.1 Å². The van der Waals surface area contributed by atoms with Crippen LogP contribution in [0.5, 0.6) is 0 Å². The lowest BCUT2D eigenvalue weighted by Gasteiger charge is -2.23. The Balaban J connectivity index is 1.95. The van der Waals surface area contributed by atoms with E-state index in [1.165, 1.54) is 13.1 Å². The van der Waals surface area contributed by atoms with E-state index in [0.717, 1.165) is 10.9 Å². The summed E-state index contributed by atoms with van der Waals surface area (Å²) in [5.41, 5.74) is 2.39. The summed E-state index contributed by atoms with van der Waals surface area (Å²) in [4.78, 5) is 47.5. The molecule has 34 heavy (non-hydrogen) atoms. The van der Waals surface area contributed by atoms with Gasteiger partial charge in [-0.1, -0.05) is 5.92 Å². The zero-order valence-corrected chi connectivity index (χ0v) is 19.2. The van der Waals surface area contributed by atoms with E-state index in [1.54, 1.807) is 0 Å². The lowest BCUT2D eigenvalue weighted by molar-refractivity contribution is -0.0496. The lowest BCUT2D eigenvalue weighted by atomic mass is 9.96. The molecule has 1 saturated heterocycles. The molecule has 0 amide bonds. The minimum atomic E-state index is -6.05. The molecule has 3 rings (SSSR count). The highest BCUT2D eigenvalue weighted by Crippen LogP contribution is 2.66. The number of phosphoric ester groups is 1. The first-order valence-electron chi connectivity index (χ1n) is 9.56. The molecular formula is C13H17FN5O12P3. The quantitative estimate of drug-likeness (QED) is 0.183. The zero-order chi connectivity index (χ0) is 27.3. The monoisotopic (exact) mass is 549 g/mol. The number of hydrogen-bond acceptors (Lipinski definition) is 12. The smallest absolute Gasteiger partial charge is 0.386 e. The maximum Gasteiger partial charge on any atom is 0.490 e. The van der Waals surface area contributed by atoms with Crippen LogP contribution in [0.3, 0.4) is 0 Å². The third-order valence-electron chi connectivity index (χ3n) is 3.96. The van der Waals surface area contributed by atoms with Crippen LogP contribution in [0.4, 0.5) is 10.3 Å².